The molecule has 0 amide bonds. The lowest BCUT2D eigenvalue weighted by Crippen LogP contribution is -2.24. The number of hydrogen-bond acceptors (Lipinski definition) is 6. The van der Waals surface area contributed by atoms with Gasteiger partial charge >= 0.3 is 5.97 Å². The molecule has 1 unspecified atom stereocenters. The number of Topliss-reactive ketones (excluding diaryl/α,β-unsaturated/α-hetero) is 1. The van der Waals surface area contributed by atoms with E-state index in [1.807, 2.05) is 20.8 Å². The highest BCUT2D eigenvalue weighted by Gasteiger charge is 2.22. The number of aliphatic hydroxyl groups is 1. The van der Waals surface area contributed by atoms with Crippen LogP contribution in [0.4, 0.5) is 0 Å². The van der Waals surface area contributed by atoms with Crippen molar-refractivity contribution in [2.75, 3.05) is 26.4 Å². The first-order valence-corrected chi connectivity index (χ1v) is 6.95. The van der Waals surface area contributed by atoms with Gasteiger partial charge in [-0.2, -0.15) is 0 Å². The topological polar surface area (TPSA) is 82.1 Å². The van der Waals surface area contributed by atoms with Gasteiger partial charge in [0.25, 0.3) is 0 Å². The number of esters is 1. The lowest BCUT2D eigenvalue weighted by atomic mass is 10.0. The van der Waals surface area contributed by atoms with E-state index in [1.165, 1.54) is 6.92 Å². The molecule has 1 atom stereocenters. The number of hydrogen-bond donors (Lipinski definition) is 1. The van der Waals surface area contributed by atoms with E-state index in [9.17, 15) is 9.59 Å². The Balaban J connectivity index is 0. The van der Waals surface area contributed by atoms with Gasteiger partial charge in [-0.25, -0.2) is 0 Å². The van der Waals surface area contributed by atoms with Gasteiger partial charge in [0.15, 0.2) is 6.29 Å². The second-order valence-electron chi connectivity index (χ2n) is 3.94. The van der Waals surface area contributed by atoms with Crippen LogP contribution in [0, 0.1) is 5.92 Å². The average molecular weight is 292 g/mol. The summed E-state index contributed by atoms with van der Waals surface area (Å²) < 4.78 is 14.7. The van der Waals surface area contributed by atoms with E-state index in [0.717, 1.165) is 13.2 Å². The summed E-state index contributed by atoms with van der Waals surface area (Å²) in [7, 11) is 0. The molecule has 120 valence electrons. The molecule has 1 N–H and O–H groups in total. The van der Waals surface area contributed by atoms with E-state index in [-0.39, 0.29) is 25.3 Å². The normalized spacial score (nSPS) is 11.6. The first-order chi connectivity index (χ1) is 9.44. The predicted molar refractivity (Wildman–Crippen MR) is 75.2 cm³/mol. The maximum absolute atomic E-state index is 11.0. The summed E-state index contributed by atoms with van der Waals surface area (Å²) in [6.07, 6.45) is 0.407. The highest BCUT2D eigenvalue weighted by molar-refractivity contribution is 5.97. The number of ketones is 1. The fourth-order valence-corrected chi connectivity index (χ4v) is 1.38. The van der Waals surface area contributed by atoms with Gasteiger partial charge in [-0.05, 0) is 34.1 Å². The maximum Gasteiger partial charge on any atom is 0.316 e. The second-order valence-corrected chi connectivity index (χ2v) is 3.94. The highest BCUT2D eigenvalue weighted by atomic mass is 16.7. The molecular weight excluding hydrogens is 264 g/mol. The smallest absolute Gasteiger partial charge is 0.316 e. The summed E-state index contributed by atoms with van der Waals surface area (Å²) in [5, 5.41) is 8.35. The van der Waals surface area contributed by atoms with Crippen molar-refractivity contribution in [2.45, 2.75) is 47.3 Å². The van der Waals surface area contributed by atoms with E-state index < -0.39 is 11.9 Å². The van der Waals surface area contributed by atoms with E-state index >= 15 is 0 Å². The van der Waals surface area contributed by atoms with Gasteiger partial charge in [-0.15, -0.1) is 0 Å². The van der Waals surface area contributed by atoms with Gasteiger partial charge in [0.1, 0.15) is 18.3 Å². The van der Waals surface area contributed by atoms with Gasteiger partial charge in [0, 0.05) is 13.2 Å². The molecule has 0 radical (unpaired) electrons. The van der Waals surface area contributed by atoms with Crippen molar-refractivity contribution in [2.24, 2.45) is 5.92 Å². The zero-order chi connectivity index (χ0) is 16.0. The average Bonchev–Trinajstić information content (AvgIpc) is 2.38. The lowest BCUT2D eigenvalue weighted by Gasteiger charge is -2.09. The fraction of sp³-hybridized carbons (Fsp3) is 0.857. The zero-order valence-corrected chi connectivity index (χ0v) is 13.2. The fourth-order valence-electron chi connectivity index (χ4n) is 1.38. The molecule has 0 saturated carbocycles. The van der Waals surface area contributed by atoms with E-state index in [2.05, 4.69) is 4.74 Å². The Kier molecular flexibility index (Phi) is 15.4. The lowest BCUT2D eigenvalue weighted by molar-refractivity contribution is -0.152. The van der Waals surface area contributed by atoms with E-state index in [0.29, 0.717) is 6.42 Å². The Hall–Kier alpha value is -0.980. The Bertz CT molecular complexity index is 248. The largest absolute Gasteiger partial charge is 0.463 e. The van der Waals surface area contributed by atoms with Crippen molar-refractivity contribution >= 4 is 11.8 Å². The number of carbonyl (C=O) groups excluding carboxylic acids is 2. The highest BCUT2D eigenvalue weighted by Crippen LogP contribution is 2.06. The van der Waals surface area contributed by atoms with Gasteiger partial charge in [0.05, 0.1) is 6.61 Å². The Morgan fingerprint density at radius 3 is 1.90 bits per heavy atom. The molecule has 0 aliphatic carbocycles. The molecule has 0 aromatic rings. The minimum atomic E-state index is -0.670. The van der Waals surface area contributed by atoms with Crippen molar-refractivity contribution in [3.05, 3.63) is 0 Å². The van der Waals surface area contributed by atoms with Crippen LogP contribution in [0.15, 0.2) is 0 Å². The van der Waals surface area contributed by atoms with Crippen LogP contribution in [0.2, 0.25) is 0 Å². The molecule has 0 bridgehead atoms. The first-order valence-electron chi connectivity index (χ1n) is 6.95. The van der Waals surface area contributed by atoms with Crippen LogP contribution in [0.3, 0.4) is 0 Å². The number of aliphatic hydroxyl groups excluding tert-OH is 1. The maximum atomic E-state index is 11.0. The minimum Gasteiger partial charge on any atom is -0.463 e. The molecule has 0 heterocycles. The van der Waals surface area contributed by atoms with Gasteiger partial charge in [-0.3, -0.25) is 9.59 Å². The number of carbonyl (C=O) groups is 2. The molecule has 0 aliphatic rings. The molecule has 0 rings (SSSR count). The molecular formula is C14H28O6. The monoisotopic (exact) mass is 292 g/mol. The van der Waals surface area contributed by atoms with Gasteiger partial charge in [0.2, 0.25) is 0 Å². The van der Waals surface area contributed by atoms with Crippen LogP contribution >= 0.6 is 0 Å². The first kappa shape index (κ1) is 21.3. The molecule has 0 spiro atoms. The second kappa shape index (κ2) is 14.4. The minimum absolute atomic E-state index is 0.0370. The third-order valence-electron chi connectivity index (χ3n) is 2.32. The van der Waals surface area contributed by atoms with Crippen LogP contribution in [0.5, 0.6) is 0 Å². The summed E-state index contributed by atoms with van der Waals surface area (Å²) in [5.41, 5.74) is 0. The van der Waals surface area contributed by atoms with Crippen LogP contribution in [0.1, 0.15) is 41.0 Å². The Labute approximate surface area is 121 Å². The van der Waals surface area contributed by atoms with Crippen molar-refractivity contribution in [3.8, 4) is 0 Å². The quantitative estimate of drug-likeness (QED) is 0.394. The molecule has 0 aromatic carbocycles. The molecule has 20 heavy (non-hydrogen) atoms. The third kappa shape index (κ3) is 12.1. The SMILES string of the molecule is CCC(C(C)=O)C(=O)OCCO.CCOC(C)OCC. The van der Waals surface area contributed by atoms with Crippen LogP contribution in [-0.4, -0.2) is 49.6 Å². The summed E-state index contributed by atoms with van der Waals surface area (Å²) in [6.45, 7) is 10.1. The van der Waals surface area contributed by atoms with Crippen LogP contribution in [0.25, 0.3) is 0 Å². The van der Waals surface area contributed by atoms with Crippen molar-refractivity contribution in [1.29, 1.82) is 0 Å². The van der Waals surface area contributed by atoms with Crippen molar-refractivity contribution < 1.29 is 28.9 Å². The molecule has 0 saturated heterocycles. The standard InChI is InChI=1S/C8H14O4.C6H14O2/c1-3-7(6(2)10)8(11)12-5-4-9;1-4-7-6(3)8-5-2/h7,9H,3-5H2,1-2H3;6H,4-5H2,1-3H3. The summed E-state index contributed by atoms with van der Waals surface area (Å²) >= 11 is 0. The molecule has 0 aliphatic heterocycles. The molecule has 6 heteroatoms. The van der Waals surface area contributed by atoms with Crippen molar-refractivity contribution in [3.63, 3.8) is 0 Å². The summed E-state index contributed by atoms with van der Waals surface area (Å²) in [6, 6.07) is 0. The Morgan fingerprint density at radius 1 is 1.10 bits per heavy atom. The summed E-state index contributed by atoms with van der Waals surface area (Å²) in [4.78, 5) is 21.8. The molecule has 0 fully saturated rings. The zero-order valence-electron chi connectivity index (χ0n) is 13.2. The van der Waals surface area contributed by atoms with Crippen molar-refractivity contribution in [1.82, 2.24) is 0 Å². The Morgan fingerprint density at radius 2 is 1.60 bits per heavy atom. The van der Waals surface area contributed by atoms with Gasteiger partial charge in [-0.1, -0.05) is 6.92 Å². The predicted octanol–water partition coefficient (Wildman–Crippen LogP) is 1.54. The van der Waals surface area contributed by atoms with Gasteiger partial charge < -0.3 is 19.3 Å². The van der Waals surface area contributed by atoms with E-state index in [1.54, 1.807) is 6.92 Å². The van der Waals surface area contributed by atoms with Crippen LogP contribution < -0.4 is 0 Å². The number of ether oxygens (including phenoxy) is 3. The van der Waals surface area contributed by atoms with E-state index in [4.69, 9.17) is 14.6 Å². The molecule has 6 nitrogen and oxygen atoms in total. The third-order valence-corrected chi connectivity index (χ3v) is 2.32. The number of rotatable bonds is 9. The van der Waals surface area contributed by atoms with Crippen LogP contribution in [-0.2, 0) is 23.8 Å². The molecule has 0 aromatic heterocycles. The summed E-state index contributed by atoms with van der Waals surface area (Å²) in [5.74, 6) is -1.41.